The van der Waals surface area contributed by atoms with Gasteiger partial charge in [0, 0.05) is 11.1 Å². The molecule has 2 aromatic carbocycles. The van der Waals surface area contributed by atoms with E-state index >= 15 is 0 Å². The average Bonchev–Trinajstić information content (AvgIpc) is 3.42. The molecule has 3 aromatic rings. The van der Waals surface area contributed by atoms with Gasteiger partial charge in [-0.1, -0.05) is 40.2 Å². The Labute approximate surface area is 199 Å². The van der Waals surface area contributed by atoms with Gasteiger partial charge in [0.1, 0.15) is 18.6 Å². The number of nitrogens with zero attached hydrogens (tertiary/aromatic N) is 4. The number of rotatable bonds is 4. The van der Waals surface area contributed by atoms with Crippen LogP contribution in [0.15, 0.2) is 59.2 Å². The highest BCUT2D eigenvalue weighted by Crippen LogP contribution is 2.31. The molecule has 1 aromatic heterocycles. The lowest BCUT2D eigenvalue weighted by atomic mass is 10.1. The standard InChI is InChI=1S/C15H13N3O3.C9H6BrNO/c1-15(2)9-21-14(19)18(15)13-17-12(8-20-13)11-5-3-10(7-16)4-6-11;10-5-9(12)8-3-1-7(6-11)2-4-8/h3-6,8H,9H2,1-2H3;1-4H,5H2. The molecule has 0 atom stereocenters. The summed E-state index contributed by atoms with van der Waals surface area (Å²) in [7, 11) is 0. The van der Waals surface area contributed by atoms with Crippen LogP contribution < -0.4 is 4.90 Å². The van der Waals surface area contributed by atoms with Gasteiger partial charge in [-0.2, -0.15) is 15.5 Å². The van der Waals surface area contributed by atoms with Crippen LogP contribution in [-0.4, -0.2) is 34.3 Å². The minimum absolute atomic E-state index is 0.0273. The minimum atomic E-state index is -0.496. The van der Waals surface area contributed by atoms with Crippen LogP contribution in [0.5, 0.6) is 0 Å². The molecule has 1 amide bonds. The second kappa shape index (κ2) is 10.1. The van der Waals surface area contributed by atoms with Crippen LogP contribution in [0.25, 0.3) is 11.3 Å². The van der Waals surface area contributed by atoms with E-state index in [9.17, 15) is 9.59 Å². The first kappa shape index (κ1) is 23.7. The number of amides is 1. The zero-order valence-corrected chi connectivity index (χ0v) is 19.5. The Morgan fingerprint density at radius 2 is 1.67 bits per heavy atom. The number of hydrogen-bond donors (Lipinski definition) is 0. The van der Waals surface area contributed by atoms with E-state index in [1.54, 1.807) is 48.5 Å². The van der Waals surface area contributed by atoms with Gasteiger partial charge in [0.25, 0.3) is 0 Å². The normalized spacial score (nSPS) is 13.8. The molecule has 0 saturated carbocycles. The molecule has 0 bridgehead atoms. The van der Waals surface area contributed by atoms with E-state index in [0.29, 0.717) is 34.3 Å². The van der Waals surface area contributed by atoms with E-state index in [0.717, 1.165) is 5.56 Å². The van der Waals surface area contributed by atoms with Gasteiger partial charge in [-0.3, -0.25) is 4.79 Å². The summed E-state index contributed by atoms with van der Waals surface area (Å²) < 4.78 is 10.4. The highest BCUT2D eigenvalue weighted by atomic mass is 79.9. The van der Waals surface area contributed by atoms with E-state index in [-0.39, 0.29) is 11.8 Å². The molecule has 2 heterocycles. The lowest BCUT2D eigenvalue weighted by molar-refractivity contribution is 0.102. The predicted molar refractivity (Wildman–Crippen MR) is 124 cm³/mol. The molecule has 9 heteroatoms. The predicted octanol–water partition coefficient (Wildman–Crippen LogP) is 5.08. The molecule has 33 heavy (non-hydrogen) atoms. The third kappa shape index (κ3) is 5.46. The van der Waals surface area contributed by atoms with E-state index < -0.39 is 11.6 Å². The highest BCUT2D eigenvalue weighted by molar-refractivity contribution is 9.09. The number of hydrogen-bond acceptors (Lipinski definition) is 7. The fraction of sp³-hybridized carbons (Fsp3) is 0.208. The van der Waals surface area contributed by atoms with Crippen molar-refractivity contribution in [1.82, 2.24) is 4.98 Å². The van der Waals surface area contributed by atoms with Crippen LogP contribution in [-0.2, 0) is 4.74 Å². The summed E-state index contributed by atoms with van der Waals surface area (Å²) in [6, 6.07) is 17.8. The SMILES string of the molecule is CC1(C)COC(=O)N1c1nc(-c2ccc(C#N)cc2)co1.N#Cc1ccc(C(=O)CBr)cc1. The molecule has 1 fully saturated rings. The van der Waals surface area contributed by atoms with Crippen molar-refractivity contribution in [1.29, 1.82) is 10.5 Å². The molecule has 4 rings (SSSR count). The fourth-order valence-corrected chi connectivity index (χ4v) is 3.30. The maximum atomic E-state index is 11.8. The van der Waals surface area contributed by atoms with Crippen LogP contribution in [0, 0.1) is 22.7 Å². The molecule has 1 saturated heterocycles. The number of halogens is 1. The Kier molecular flexibility index (Phi) is 7.27. The van der Waals surface area contributed by atoms with Gasteiger partial charge in [0.15, 0.2) is 5.78 Å². The Balaban J connectivity index is 0.000000218. The zero-order valence-electron chi connectivity index (χ0n) is 17.9. The fourth-order valence-electron chi connectivity index (χ4n) is 2.97. The molecule has 0 unspecified atom stereocenters. The number of carbonyl (C=O) groups excluding carboxylic acids is 2. The van der Waals surface area contributed by atoms with Gasteiger partial charge in [-0.05, 0) is 38.1 Å². The molecule has 0 aliphatic carbocycles. The van der Waals surface area contributed by atoms with Crippen LogP contribution in [0.3, 0.4) is 0 Å². The van der Waals surface area contributed by atoms with Crippen molar-refractivity contribution < 1.29 is 18.7 Å². The van der Waals surface area contributed by atoms with E-state index in [4.69, 9.17) is 19.7 Å². The lowest BCUT2D eigenvalue weighted by Crippen LogP contribution is -2.42. The first-order valence-corrected chi connectivity index (χ1v) is 10.9. The molecule has 1 aliphatic heterocycles. The van der Waals surface area contributed by atoms with E-state index in [2.05, 4.69) is 27.0 Å². The van der Waals surface area contributed by atoms with Gasteiger partial charge < -0.3 is 9.15 Å². The molecule has 0 spiro atoms. The first-order valence-electron chi connectivity index (χ1n) is 9.81. The molecule has 0 N–H and O–H groups in total. The number of aromatic nitrogens is 1. The summed E-state index contributed by atoms with van der Waals surface area (Å²) in [5.74, 6) is 0.0273. The van der Waals surface area contributed by atoms with Crippen LogP contribution >= 0.6 is 15.9 Å². The third-order valence-corrected chi connectivity index (χ3v) is 5.30. The average molecular weight is 507 g/mol. The van der Waals surface area contributed by atoms with Crippen molar-refractivity contribution in [3.05, 3.63) is 71.5 Å². The topological polar surface area (TPSA) is 120 Å². The number of alkyl halides is 1. The Bertz CT molecular complexity index is 1240. The summed E-state index contributed by atoms with van der Waals surface area (Å²) in [6.07, 6.45) is 1.02. The van der Waals surface area contributed by atoms with E-state index in [1.807, 2.05) is 19.9 Å². The number of oxazole rings is 1. The van der Waals surface area contributed by atoms with Gasteiger partial charge >= 0.3 is 12.1 Å². The number of anilines is 1. The van der Waals surface area contributed by atoms with Crippen LogP contribution in [0.2, 0.25) is 0 Å². The molecular weight excluding hydrogens is 488 g/mol. The van der Waals surface area contributed by atoms with Crippen molar-refractivity contribution in [3.63, 3.8) is 0 Å². The van der Waals surface area contributed by atoms with Gasteiger partial charge in [0.2, 0.25) is 0 Å². The van der Waals surface area contributed by atoms with Crippen LogP contribution in [0.1, 0.15) is 35.3 Å². The Morgan fingerprint density at radius 1 is 1.09 bits per heavy atom. The maximum absolute atomic E-state index is 11.8. The monoisotopic (exact) mass is 506 g/mol. The van der Waals surface area contributed by atoms with Gasteiger partial charge in [0.05, 0.1) is 34.1 Å². The van der Waals surface area contributed by atoms with Gasteiger partial charge in [-0.25, -0.2) is 9.69 Å². The van der Waals surface area contributed by atoms with Crippen molar-refractivity contribution in [2.45, 2.75) is 19.4 Å². The quantitative estimate of drug-likeness (QED) is 0.357. The lowest BCUT2D eigenvalue weighted by Gasteiger charge is -2.23. The summed E-state index contributed by atoms with van der Waals surface area (Å²) in [4.78, 5) is 28.6. The summed E-state index contributed by atoms with van der Waals surface area (Å²) in [6.45, 7) is 4.05. The number of Topliss-reactive ketones (excluding diaryl/α,β-unsaturated/α-hetero) is 1. The molecule has 166 valence electrons. The number of ketones is 1. The van der Waals surface area contributed by atoms with Crippen molar-refractivity contribution in [2.75, 3.05) is 16.8 Å². The number of nitriles is 2. The zero-order chi connectivity index (χ0) is 24.0. The highest BCUT2D eigenvalue weighted by Gasteiger charge is 2.43. The van der Waals surface area contributed by atoms with Crippen molar-refractivity contribution >= 4 is 33.8 Å². The molecule has 8 nitrogen and oxygen atoms in total. The Morgan fingerprint density at radius 3 is 2.15 bits per heavy atom. The smallest absolute Gasteiger partial charge is 0.418 e. The summed E-state index contributed by atoms with van der Waals surface area (Å²) >= 11 is 3.07. The number of benzene rings is 2. The minimum Gasteiger partial charge on any atom is -0.447 e. The van der Waals surface area contributed by atoms with Gasteiger partial charge in [-0.15, -0.1) is 0 Å². The number of cyclic esters (lactones) is 1. The van der Waals surface area contributed by atoms with Crippen molar-refractivity contribution in [2.24, 2.45) is 0 Å². The molecule has 0 radical (unpaired) electrons. The number of carbonyl (C=O) groups is 2. The summed E-state index contributed by atoms with van der Waals surface area (Å²) in [5, 5.41) is 17.6. The van der Waals surface area contributed by atoms with Crippen molar-refractivity contribution in [3.8, 4) is 23.4 Å². The number of ether oxygens (including phenoxy) is 1. The van der Waals surface area contributed by atoms with Crippen LogP contribution in [0.4, 0.5) is 10.8 Å². The molecule has 1 aliphatic rings. The first-order chi connectivity index (χ1) is 15.8. The largest absolute Gasteiger partial charge is 0.447 e. The van der Waals surface area contributed by atoms with E-state index in [1.165, 1.54) is 11.2 Å². The third-order valence-electron chi connectivity index (χ3n) is 4.79. The molecular formula is C24H19BrN4O4. The second-order valence-corrected chi connectivity index (χ2v) is 8.21. The Hall–Kier alpha value is -3.95. The maximum Gasteiger partial charge on any atom is 0.418 e. The second-order valence-electron chi connectivity index (χ2n) is 7.65. The summed E-state index contributed by atoms with van der Waals surface area (Å²) in [5.41, 5.74) is 2.70.